The van der Waals surface area contributed by atoms with Crippen LogP contribution < -0.4 is 10.9 Å². The van der Waals surface area contributed by atoms with Gasteiger partial charge in [0.2, 0.25) is 0 Å². The Morgan fingerprint density at radius 2 is 1.89 bits per heavy atom. The molecule has 138 valence electrons. The lowest BCUT2D eigenvalue weighted by Crippen LogP contribution is -2.34. The molecule has 2 heterocycles. The zero-order valence-corrected chi connectivity index (χ0v) is 14.7. The van der Waals surface area contributed by atoms with Crippen LogP contribution in [0.15, 0.2) is 47.3 Å². The third-order valence-electron chi connectivity index (χ3n) is 4.79. The lowest BCUT2D eigenvalue weighted by atomic mass is 10.0. The Morgan fingerprint density at radius 1 is 1.07 bits per heavy atom. The van der Waals surface area contributed by atoms with Crippen LogP contribution in [0.1, 0.15) is 16.8 Å². The second-order valence-corrected chi connectivity index (χ2v) is 6.54. The number of amides is 1. The van der Waals surface area contributed by atoms with Crippen LogP contribution in [0.3, 0.4) is 0 Å². The molecule has 0 radical (unpaired) electrons. The number of aromatic amines is 1. The highest BCUT2D eigenvalue weighted by Crippen LogP contribution is 2.26. The molecule has 3 aromatic rings. The molecule has 0 atom stereocenters. The van der Waals surface area contributed by atoms with Gasteiger partial charge in [-0.05, 0) is 37.2 Å². The molecule has 1 saturated heterocycles. The summed E-state index contributed by atoms with van der Waals surface area (Å²) in [4.78, 5) is 26.5. The van der Waals surface area contributed by atoms with Crippen molar-refractivity contribution in [2.75, 3.05) is 26.2 Å². The highest BCUT2D eigenvalue weighted by Gasteiger charge is 2.21. The summed E-state index contributed by atoms with van der Waals surface area (Å²) in [6.07, 6.45) is 0.833. The number of aromatic nitrogens is 2. The van der Waals surface area contributed by atoms with Crippen molar-refractivity contribution in [3.8, 4) is 11.3 Å². The molecule has 0 saturated carbocycles. The van der Waals surface area contributed by atoms with E-state index < -0.39 is 5.82 Å². The molecular formula is C20H19FN4O2. The molecule has 1 amide bonds. The molecule has 0 spiro atoms. The molecule has 1 aromatic heterocycles. The van der Waals surface area contributed by atoms with Crippen molar-refractivity contribution in [1.82, 2.24) is 20.4 Å². The molecule has 1 aliphatic heterocycles. The average molecular weight is 366 g/mol. The second kappa shape index (κ2) is 7.28. The van der Waals surface area contributed by atoms with E-state index in [0.29, 0.717) is 41.7 Å². The third kappa shape index (κ3) is 3.33. The summed E-state index contributed by atoms with van der Waals surface area (Å²) >= 11 is 0. The zero-order valence-electron chi connectivity index (χ0n) is 14.7. The fourth-order valence-corrected chi connectivity index (χ4v) is 3.39. The Morgan fingerprint density at radius 3 is 2.74 bits per heavy atom. The SMILES string of the molecule is O=C(c1cc(-c2n[nH]c(=O)c3ccccc23)ccc1F)N1CCCNCC1. The van der Waals surface area contributed by atoms with Gasteiger partial charge in [0.05, 0.1) is 16.6 Å². The molecule has 1 fully saturated rings. The van der Waals surface area contributed by atoms with Gasteiger partial charge in [0.15, 0.2) is 0 Å². The van der Waals surface area contributed by atoms with Crippen molar-refractivity contribution in [2.24, 2.45) is 0 Å². The van der Waals surface area contributed by atoms with Gasteiger partial charge in [-0.3, -0.25) is 9.59 Å². The summed E-state index contributed by atoms with van der Waals surface area (Å²) in [5, 5.41) is 11.0. The maximum absolute atomic E-state index is 14.4. The first-order valence-corrected chi connectivity index (χ1v) is 8.92. The standard InChI is InChI=1S/C20H19FN4O2/c21-17-7-6-13(12-16(17)20(27)25-10-3-8-22-9-11-25)18-14-4-1-2-5-15(14)19(26)24-23-18/h1-2,4-7,12,22H,3,8-11H2,(H,24,26). The smallest absolute Gasteiger partial charge is 0.272 e. The summed E-state index contributed by atoms with van der Waals surface area (Å²) in [5.41, 5.74) is 0.827. The minimum atomic E-state index is -0.560. The topological polar surface area (TPSA) is 78.1 Å². The second-order valence-electron chi connectivity index (χ2n) is 6.54. The number of rotatable bonds is 2. The van der Waals surface area contributed by atoms with Crippen molar-refractivity contribution in [2.45, 2.75) is 6.42 Å². The Bertz CT molecular complexity index is 1060. The molecule has 0 unspecified atom stereocenters. The van der Waals surface area contributed by atoms with Gasteiger partial charge in [0.25, 0.3) is 11.5 Å². The van der Waals surface area contributed by atoms with E-state index in [1.807, 2.05) is 6.07 Å². The minimum absolute atomic E-state index is 0.0199. The van der Waals surface area contributed by atoms with Gasteiger partial charge in [-0.2, -0.15) is 5.10 Å². The first-order valence-electron chi connectivity index (χ1n) is 8.92. The summed E-state index contributed by atoms with van der Waals surface area (Å²) < 4.78 is 14.4. The van der Waals surface area contributed by atoms with Gasteiger partial charge in [-0.1, -0.05) is 18.2 Å². The van der Waals surface area contributed by atoms with E-state index in [1.165, 1.54) is 12.1 Å². The van der Waals surface area contributed by atoms with E-state index in [-0.39, 0.29) is 17.0 Å². The van der Waals surface area contributed by atoms with Crippen LogP contribution in [-0.4, -0.2) is 47.2 Å². The van der Waals surface area contributed by atoms with Gasteiger partial charge in [0.1, 0.15) is 5.82 Å². The van der Waals surface area contributed by atoms with Crippen LogP contribution in [-0.2, 0) is 0 Å². The van der Waals surface area contributed by atoms with E-state index in [0.717, 1.165) is 13.0 Å². The van der Waals surface area contributed by atoms with Crippen molar-refractivity contribution < 1.29 is 9.18 Å². The lowest BCUT2D eigenvalue weighted by Gasteiger charge is -2.20. The zero-order chi connectivity index (χ0) is 18.8. The average Bonchev–Trinajstić information content (AvgIpc) is 2.98. The number of hydrogen-bond donors (Lipinski definition) is 2. The Balaban J connectivity index is 1.78. The molecule has 2 aromatic carbocycles. The van der Waals surface area contributed by atoms with Gasteiger partial charge in [-0.15, -0.1) is 0 Å². The number of carbonyl (C=O) groups is 1. The summed E-state index contributed by atoms with van der Waals surface area (Å²) in [5.74, 6) is -0.888. The van der Waals surface area contributed by atoms with Crippen molar-refractivity contribution in [1.29, 1.82) is 0 Å². The normalized spacial score (nSPS) is 14.9. The van der Waals surface area contributed by atoms with Crippen LogP contribution in [0.5, 0.6) is 0 Å². The van der Waals surface area contributed by atoms with E-state index in [4.69, 9.17) is 0 Å². The maximum atomic E-state index is 14.4. The van der Waals surface area contributed by atoms with Crippen molar-refractivity contribution in [3.05, 3.63) is 64.2 Å². The molecule has 7 heteroatoms. The number of hydrogen-bond acceptors (Lipinski definition) is 4. The molecule has 0 bridgehead atoms. The van der Waals surface area contributed by atoms with Crippen LogP contribution in [0.2, 0.25) is 0 Å². The van der Waals surface area contributed by atoms with Gasteiger partial charge in [-0.25, -0.2) is 9.49 Å². The molecule has 6 nitrogen and oxygen atoms in total. The Hall–Kier alpha value is -3.06. The van der Waals surface area contributed by atoms with Crippen LogP contribution in [0, 0.1) is 5.82 Å². The van der Waals surface area contributed by atoms with E-state index in [1.54, 1.807) is 29.2 Å². The maximum Gasteiger partial charge on any atom is 0.272 e. The first-order chi connectivity index (χ1) is 13.1. The van der Waals surface area contributed by atoms with E-state index in [9.17, 15) is 14.0 Å². The van der Waals surface area contributed by atoms with Crippen molar-refractivity contribution in [3.63, 3.8) is 0 Å². The largest absolute Gasteiger partial charge is 0.337 e. The number of benzene rings is 2. The number of fused-ring (bicyclic) bond motifs is 1. The van der Waals surface area contributed by atoms with Crippen LogP contribution >= 0.6 is 0 Å². The molecule has 27 heavy (non-hydrogen) atoms. The predicted octanol–water partition coefficient (Wildman–Crippen LogP) is 2.16. The van der Waals surface area contributed by atoms with Crippen LogP contribution in [0.4, 0.5) is 4.39 Å². The molecule has 4 rings (SSSR count). The predicted molar refractivity (Wildman–Crippen MR) is 101 cm³/mol. The quantitative estimate of drug-likeness (QED) is 0.729. The monoisotopic (exact) mass is 366 g/mol. The van der Waals surface area contributed by atoms with Gasteiger partial charge in [0, 0.05) is 30.6 Å². The number of carbonyl (C=O) groups excluding carboxylic acids is 1. The van der Waals surface area contributed by atoms with Crippen LogP contribution in [0.25, 0.3) is 22.0 Å². The highest BCUT2D eigenvalue weighted by atomic mass is 19.1. The first kappa shape index (κ1) is 17.4. The Kier molecular flexibility index (Phi) is 4.68. The molecule has 0 aliphatic carbocycles. The minimum Gasteiger partial charge on any atom is -0.337 e. The van der Waals surface area contributed by atoms with E-state index >= 15 is 0 Å². The van der Waals surface area contributed by atoms with Crippen molar-refractivity contribution >= 4 is 16.7 Å². The fraction of sp³-hybridized carbons (Fsp3) is 0.250. The highest BCUT2D eigenvalue weighted by molar-refractivity contribution is 5.98. The third-order valence-corrected chi connectivity index (χ3v) is 4.79. The lowest BCUT2D eigenvalue weighted by molar-refractivity contribution is 0.0761. The number of nitrogens with one attached hydrogen (secondary N) is 2. The molecular weight excluding hydrogens is 347 g/mol. The number of halogens is 1. The van der Waals surface area contributed by atoms with Gasteiger partial charge >= 0.3 is 0 Å². The Labute approximate surface area is 155 Å². The summed E-state index contributed by atoms with van der Waals surface area (Å²) in [6, 6.07) is 11.4. The molecule has 1 aliphatic rings. The molecule has 2 N–H and O–H groups in total. The van der Waals surface area contributed by atoms with Gasteiger partial charge < -0.3 is 10.2 Å². The number of H-pyrrole nitrogens is 1. The number of nitrogens with zero attached hydrogens (tertiary/aromatic N) is 2. The summed E-state index contributed by atoms with van der Waals surface area (Å²) in [7, 11) is 0. The van der Waals surface area contributed by atoms with E-state index in [2.05, 4.69) is 15.5 Å². The summed E-state index contributed by atoms with van der Waals surface area (Å²) in [6.45, 7) is 2.68. The fourth-order valence-electron chi connectivity index (χ4n) is 3.39.